The second-order valence-corrected chi connectivity index (χ2v) is 7.80. The minimum absolute atomic E-state index is 0.0112. The number of amides is 4. The molecular weight excluding hydrogens is 422 g/mol. The predicted molar refractivity (Wildman–Crippen MR) is 115 cm³/mol. The van der Waals surface area contributed by atoms with E-state index in [1.54, 1.807) is 41.8 Å². The number of hydrogen-bond donors (Lipinski definition) is 1. The van der Waals surface area contributed by atoms with Crippen molar-refractivity contribution < 1.29 is 28.7 Å². The van der Waals surface area contributed by atoms with Crippen molar-refractivity contribution in [3.8, 4) is 0 Å². The summed E-state index contributed by atoms with van der Waals surface area (Å²) in [5, 5.41) is 4.39. The lowest BCUT2D eigenvalue weighted by atomic mass is 10.2. The zero-order chi connectivity index (χ0) is 22.5. The van der Waals surface area contributed by atoms with Crippen LogP contribution < -0.4 is 10.2 Å². The number of anilines is 2. The molecule has 31 heavy (non-hydrogen) atoms. The summed E-state index contributed by atoms with van der Waals surface area (Å²) in [5.41, 5.74) is 0.912. The van der Waals surface area contributed by atoms with Gasteiger partial charge < -0.3 is 19.7 Å². The SMILES string of the molecule is COC(CN(C(=O)c1cccs1)C1CC(=O)N(c2ccc(NC(C)=O)cc2)C1=O)OC. The average Bonchev–Trinajstić information content (AvgIpc) is 3.38. The first-order valence-corrected chi connectivity index (χ1v) is 10.4. The van der Waals surface area contributed by atoms with Gasteiger partial charge in [-0.2, -0.15) is 0 Å². The van der Waals surface area contributed by atoms with E-state index in [2.05, 4.69) is 5.32 Å². The van der Waals surface area contributed by atoms with Crippen LogP contribution in [0.3, 0.4) is 0 Å². The van der Waals surface area contributed by atoms with E-state index in [0.717, 1.165) is 4.90 Å². The van der Waals surface area contributed by atoms with E-state index in [-0.39, 0.29) is 24.8 Å². The van der Waals surface area contributed by atoms with Gasteiger partial charge in [-0.3, -0.25) is 19.2 Å². The van der Waals surface area contributed by atoms with E-state index in [9.17, 15) is 19.2 Å². The lowest BCUT2D eigenvalue weighted by molar-refractivity contribution is -0.128. The maximum Gasteiger partial charge on any atom is 0.264 e. The molecule has 9 nitrogen and oxygen atoms in total. The molecule has 0 saturated carbocycles. The van der Waals surface area contributed by atoms with Crippen molar-refractivity contribution in [3.63, 3.8) is 0 Å². The van der Waals surface area contributed by atoms with Crippen molar-refractivity contribution in [2.45, 2.75) is 25.7 Å². The third kappa shape index (κ3) is 4.98. The standard InChI is InChI=1S/C21H23N3O6S/c1-13(25)22-14-6-8-15(9-7-14)24-18(26)11-16(20(24)27)23(12-19(29-2)30-3)21(28)17-5-4-10-31-17/h4-10,16,19H,11-12H2,1-3H3,(H,22,25). The van der Waals surface area contributed by atoms with Gasteiger partial charge in [-0.05, 0) is 35.7 Å². The molecule has 0 bridgehead atoms. The van der Waals surface area contributed by atoms with Gasteiger partial charge in [0.05, 0.1) is 23.5 Å². The fraction of sp³-hybridized carbons (Fsp3) is 0.333. The van der Waals surface area contributed by atoms with Crippen molar-refractivity contribution in [1.82, 2.24) is 4.90 Å². The molecule has 1 aromatic heterocycles. The maximum absolute atomic E-state index is 13.2. The first kappa shape index (κ1) is 22.6. The first-order chi connectivity index (χ1) is 14.8. The summed E-state index contributed by atoms with van der Waals surface area (Å²) >= 11 is 1.25. The second-order valence-electron chi connectivity index (χ2n) is 6.85. The van der Waals surface area contributed by atoms with Crippen molar-refractivity contribution >= 4 is 46.3 Å². The van der Waals surface area contributed by atoms with Crippen LogP contribution >= 0.6 is 11.3 Å². The molecule has 0 radical (unpaired) electrons. The smallest absolute Gasteiger partial charge is 0.264 e. The summed E-state index contributed by atoms with van der Waals surface area (Å²) in [6, 6.07) is 8.77. The van der Waals surface area contributed by atoms with Crippen molar-refractivity contribution in [2.75, 3.05) is 31.0 Å². The predicted octanol–water partition coefficient (Wildman–Crippen LogP) is 2.10. The summed E-state index contributed by atoms with van der Waals surface area (Å²) in [6.45, 7) is 1.38. The summed E-state index contributed by atoms with van der Waals surface area (Å²) in [7, 11) is 2.87. The molecule has 164 valence electrons. The van der Waals surface area contributed by atoms with Gasteiger partial charge in [0.1, 0.15) is 6.04 Å². The maximum atomic E-state index is 13.2. The van der Waals surface area contributed by atoms with Crippen molar-refractivity contribution in [1.29, 1.82) is 0 Å². The van der Waals surface area contributed by atoms with E-state index in [1.807, 2.05) is 0 Å². The molecule has 1 aliphatic heterocycles. The number of thiophene rings is 1. The van der Waals surface area contributed by atoms with E-state index >= 15 is 0 Å². The van der Waals surface area contributed by atoms with Crippen LogP contribution in [-0.4, -0.2) is 61.6 Å². The Morgan fingerprint density at radius 3 is 2.42 bits per heavy atom. The topological polar surface area (TPSA) is 105 Å². The Bertz CT molecular complexity index is 956. The molecule has 0 aliphatic carbocycles. The van der Waals surface area contributed by atoms with Crippen LogP contribution in [0.5, 0.6) is 0 Å². The number of ether oxygens (including phenoxy) is 2. The molecule has 1 atom stereocenters. The van der Waals surface area contributed by atoms with Crippen molar-refractivity contribution in [2.24, 2.45) is 0 Å². The second kappa shape index (κ2) is 9.82. The van der Waals surface area contributed by atoms with E-state index in [0.29, 0.717) is 16.3 Å². The minimum atomic E-state index is -0.982. The number of hydrogen-bond acceptors (Lipinski definition) is 7. The summed E-state index contributed by atoms with van der Waals surface area (Å²) in [4.78, 5) is 53.1. The molecule has 1 fully saturated rings. The molecule has 1 saturated heterocycles. The van der Waals surface area contributed by atoms with E-state index < -0.39 is 24.1 Å². The minimum Gasteiger partial charge on any atom is -0.354 e. The molecular formula is C21H23N3O6S. The molecule has 4 amide bonds. The third-order valence-electron chi connectivity index (χ3n) is 4.81. The van der Waals surface area contributed by atoms with Crippen molar-refractivity contribution in [3.05, 3.63) is 46.7 Å². The lowest BCUT2D eigenvalue weighted by Crippen LogP contribution is -2.49. The van der Waals surface area contributed by atoms with Crippen LogP contribution in [-0.2, 0) is 23.9 Å². The summed E-state index contributed by atoms with van der Waals surface area (Å²) in [6.07, 6.45) is -0.901. The molecule has 10 heteroatoms. The zero-order valence-corrected chi connectivity index (χ0v) is 18.2. The Morgan fingerprint density at radius 2 is 1.87 bits per heavy atom. The number of benzene rings is 1. The summed E-state index contributed by atoms with van der Waals surface area (Å²) < 4.78 is 10.4. The van der Waals surface area contributed by atoms with Gasteiger partial charge in [-0.15, -0.1) is 11.3 Å². The molecule has 2 heterocycles. The van der Waals surface area contributed by atoms with Crippen LogP contribution in [0, 0.1) is 0 Å². The Hall–Kier alpha value is -3.08. The Labute approximate surface area is 183 Å². The van der Waals surface area contributed by atoms with Gasteiger partial charge in [0.15, 0.2) is 6.29 Å². The first-order valence-electron chi connectivity index (χ1n) is 9.50. The summed E-state index contributed by atoms with van der Waals surface area (Å²) in [5.74, 6) is -1.52. The number of rotatable bonds is 8. The highest BCUT2D eigenvalue weighted by Crippen LogP contribution is 2.28. The van der Waals surface area contributed by atoms with Gasteiger partial charge >= 0.3 is 0 Å². The number of methoxy groups -OCH3 is 2. The molecule has 1 aromatic carbocycles. The monoisotopic (exact) mass is 445 g/mol. The van der Waals surface area contributed by atoms with Crippen LogP contribution in [0.4, 0.5) is 11.4 Å². The molecule has 3 rings (SSSR count). The van der Waals surface area contributed by atoms with Gasteiger partial charge in [-0.25, -0.2) is 4.90 Å². The Morgan fingerprint density at radius 1 is 1.19 bits per heavy atom. The molecule has 1 aliphatic rings. The quantitative estimate of drug-likeness (QED) is 0.493. The number of imide groups is 1. The van der Waals surface area contributed by atoms with Gasteiger partial charge in [0.2, 0.25) is 11.8 Å². The highest BCUT2D eigenvalue weighted by atomic mass is 32.1. The average molecular weight is 445 g/mol. The third-order valence-corrected chi connectivity index (χ3v) is 5.67. The number of nitrogens with zero attached hydrogens (tertiary/aromatic N) is 2. The molecule has 1 unspecified atom stereocenters. The molecule has 1 N–H and O–H groups in total. The highest BCUT2D eigenvalue weighted by Gasteiger charge is 2.45. The number of carbonyl (C=O) groups excluding carboxylic acids is 4. The van der Waals surface area contributed by atoms with Crippen LogP contribution in [0.2, 0.25) is 0 Å². The highest BCUT2D eigenvalue weighted by molar-refractivity contribution is 7.12. The van der Waals surface area contributed by atoms with Gasteiger partial charge in [0.25, 0.3) is 11.8 Å². The number of nitrogens with one attached hydrogen (secondary N) is 1. The van der Waals surface area contributed by atoms with Crippen LogP contribution in [0.1, 0.15) is 23.0 Å². The van der Waals surface area contributed by atoms with E-state index in [4.69, 9.17) is 9.47 Å². The number of carbonyl (C=O) groups is 4. The largest absolute Gasteiger partial charge is 0.354 e. The zero-order valence-electron chi connectivity index (χ0n) is 17.4. The van der Waals surface area contributed by atoms with Gasteiger partial charge in [0, 0.05) is 26.8 Å². The van der Waals surface area contributed by atoms with Crippen LogP contribution in [0.25, 0.3) is 0 Å². The van der Waals surface area contributed by atoms with E-state index in [1.165, 1.54) is 37.4 Å². The molecule has 0 spiro atoms. The molecule has 2 aromatic rings. The van der Waals surface area contributed by atoms with Crippen LogP contribution in [0.15, 0.2) is 41.8 Å². The fourth-order valence-electron chi connectivity index (χ4n) is 3.33. The normalized spacial score (nSPS) is 16.1. The Balaban J connectivity index is 1.87. The lowest BCUT2D eigenvalue weighted by Gasteiger charge is -2.29. The fourth-order valence-corrected chi connectivity index (χ4v) is 4.01. The van der Waals surface area contributed by atoms with Gasteiger partial charge in [-0.1, -0.05) is 6.07 Å². The Kier molecular flexibility index (Phi) is 7.16.